The number of fused-ring (bicyclic) bond motifs is 1. The van der Waals surface area contributed by atoms with Crippen LogP contribution < -0.4 is 5.32 Å². The van der Waals surface area contributed by atoms with E-state index in [1.54, 1.807) is 6.07 Å². The molecule has 0 atom stereocenters. The highest BCUT2D eigenvalue weighted by molar-refractivity contribution is 7.90. The lowest BCUT2D eigenvalue weighted by Gasteiger charge is -2.21. The Morgan fingerprint density at radius 2 is 1.80 bits per heavy atom. The van der Waals surface area contributed by atoms with Gasteiger partial charge in [-0.25, -0.2) is 26.2 Å². The number of hydrogen-bond acceptors (Lipinski definition) is 4. The van der Waals surface area contributed by atoms with Crippen LogP contribution in [0.3, 0.4) is 0 Å². The maximum Gasteiger partial charge on any atom is 0.270 e. The second-order valence-corrected chi connectivity index (χ2v) is 9.72. The topological polar surface area (TPSA) is 64.0 Å². The molecule has 30 heavy (non-hydrogen) atoms. The summed E-state index contributed by atoms with van der Waals surface area (Å²) in [6, 6.07) is 10.5. The van der Waals surface area contributed by atoms with E-state index in [1.807, 2.05) is 12.1 Å². The molecule has 2 aromatic carbocycles. The Morgan fingerprint density at radius 3 is 2.50 bits per heavy atom. The van der Waals surface area contributed by atoms with E-state index in [1.165, 1.54) is 24.5 Å². The van der Waals surface area contributed by atoms with Crippen LogP contribution >= 0.6 is 0 Å². The first-order valence-electron chi connectivity index (χ1n) is 10.2. The molecule has 0 unspecified atom stereocenters. The number of alkyl halides is 2. The van der Waals surface area contributed by atoms with Gasteiger partial charge in [0.05, 0.1) is 15.9 Å². The molecule has 2 heterocycles. The summed E-state index contributed by atoms with van der Waals surface area (Å²) in [5, 5.41) is 3.40. The molecule has 1 aromatic heterocycles. The first kappa shape index (κ1) is 20.9. The summed E-state index contributed by atoms with van der Waals surface area (Å²) in [4.78, 5) is 4.25. The zero-order chi connectivity index (χ0) is 21.4. The molecule has 0 bridgehead atoms. The summed E-state index contributed by atoms with van der Waals surface area (Å²) >= 11 is 0. The monoisotopic (exact) mass is 433 g/mol. The van der Waals surface area contributed by atoms with Gasteiger partial charge in [0.25, 0.3) is 15.9 Å². The minimum Gasteiger partial charge on any atom is -0.317 e. The predicted octanol–water partition coefficient (Wildman–Crippen LogP) is 4.63. The Balaban J connectivity index is 1.77. The SMILES string of the molecule is CC(F)(F)c1cccc(S(=O)(=O)n2cnc3c(C4CCCNCCC4)cccc32)c1. The predicted molar refractivity (Wildman–Crippen MR) is 112 cm³/mol. The van der Waals surface area contributed by atoms with E-state index in [0.717, 1.165) is 61.3 Å². The lowest BCUT2D eigenvalue weighted by molar-refractivity contribution is 0.0172. The van der Waals surface area contributed by atoms with Gasteiger partial charge in [-0.15, -0.1) is 0 Å². The van der Waals surface area contributed by atoms with Crippen LogP contribution in [0.4, 0.5) is 8.78 Å². The third-order valence-corrected chi connectivity index (χ3v) is 7.38. The average molecular weight is 434 g/mol. The van der Waals surface area contributed by atoms with Crippen molar-refractivity contribution < 1.29 is 17.2 Å². The molecule has 0 saturated carbocycles. The third kappa shape index (κ3) is 3.98. The molecule has 0 amide bonds. The van der Waals surface area contributed by atoms with E-state index < -0.39 is 15.9 Å². The number of halogens is 2. The fraction of sp³-hybridized carbons (Fsp3) is 0.409. The van der Waals surface area contributed by atoms with Crippen molar-refractivity contribution >= 4 is 21.1 Å². The van der Waals surface area contributed by atoms with Gasteiger partial charge >= 0.3 is 0 Å². The summed E-state index contributed by atoms with van der Waals surface area (Å²) in [7, 11) is -4.05. The Hall–Kier alpha value is -2.32. The van der Waals surface area contributed by atoms with Gasteiger partial charge in [-0.1, -0.05) is 24.3 Å². The zero-order valence-corrected chi connectivity index (χ0v) is 17.6. The molecular weight excluding hydrogens is 408 g/mol. The van der Waals surface area contributed by atoms with Gasteiger partial charge in [-0.2, -0.15) is 0 Å². The first-order valence-corrected chi connectivity index (χ1v) is 11.6. The summed E-state index contributed by atoms with van der Waals surface area (Å²) in [5.41, 5.74) is 1.85. The van der Waals surface area contributed by atoms with E-state index in [4.69, 9.17) is 0 Å². The molecule has 1 aliphatic rings. The standard InChI is InChI=1S/C22H25F2N3O2S/c1-22(23,24)17-8-2-9-18(14-17)30(28,29)27-15-26-21-19(10-3-11-20(21)27)16-6-4-12-25-13-5-7-16/h2-3,8-11,14-16,25H,4-7,12-13H2,1H3. The molecule has 3 aromatic rings. The fourth-order valence-corrected chi connectivity index (χ4v) is 5.46. The summed E-state index contributed by atoms with van der Waals surface area (Å²) in [6.07, 6.45) is 5.42. The number of aromatic nitrogens is 2. The van der Waals surface area contributed by atoms with Crippen LogP contribution in [0, 0.1) is 0 Å². The van der Waals surface area contributed by atoms with E-state index in [-0.39, 0.29) is 10.5 Å². The Kier molecular flexibility index (Phi) is 5.63. The average Bonchev–Trinajstić information content (AvgIpc) is 3.12. The van der Waals surface area contributed by atoms with E-state index in [0.29, 0.717) is 17.0 Å². The first-order chi connectivity index (χ1) is 14.3. The van der Waals surface area contributed by atoms with Crippen molar-refractivity contribution in [1.82, 2.24) is 14.3 Å². The highest BCUT2D eigenvalue weighted by atomic mass is 32.2. The molecule has 5 nitrogen and oxygen atoms in total. The molecular formula is C22H25F2N3O2S. The summed E-state index contributed by atoms with van der Waals surface area (Å²) in [5.74, 6) is -2.80. The van der Waals surface area contributed by atoms with Gasteiger partial charge < -0.3 is 5.32 Å². The van der Waals surface area contributed by atoms with Gasteiger partial charge in [0, 0.05) is 12.5 Å². The molecule has 4 rings (SSSR count). The van der Waals surface area contributed by atoms with Crippen molar-refractivity contribution in [3.05, 3.63) is 59.9 Å². The van der Waals surface area contributed by atoms with E-state index in [9.17, 15) is 17.2 Å². The van der Waals surface area contributed by atoms with Gasteiger partial charge in [0.15, 0.2) is 0 Å². The van der Waals surface area contributed by atoms with E-state index in [2.05, 4.69) is 10.3 Å². The van der Waals surface area contributed by atoms with Gasteiger partial charge in [-0.05, 0) is 68.5 Å². The number of nitrogens with one attached hydrogen (secondary N) is 1. The van der Waals surface area contributed by atoms with E-state index >= 15 is 0 Å². The van der Waals surface area contributed by atoms with Gasteiger partial charge in [0.1, 0.15) is 6.33 Å². The summed E-state index contributed by atoms with van der Waals surface area (Å²) < 4.78 is 55.0. The largest absolute Gasteiger partial charge is 0.317 e. The normalized spacial score (nSPS) is 17.0. The second-order valence-electron chi connectivity index (χ2n) is 7.91. The van der Waals surface area contributed by atoms with Crippen LogP contribution in [-0.4, -0.2) is 30.5 Å². The molecule has 1 fully saturated rings. The summed E-state index contributed by atoms with van der Waals surface area (Å²) in [6.45, 7) is 2.71. The highest BCUT2D eigenvalue weighted by Gasteiger charge is 2.28. The van der Waals surface area contributed by atoms with Gasteiger partial charge in [-0.3, -0.25) is 0 Å². The van der Waals surface area contributed by atoms with Crippen molar-refractivity contribution in [2.75, 3.05) is 13.1 Å². The number of hydrogen-bond donors (Lipinski definition) is 1. The molecule has 0 aliphatic carbocycles. The van der Waals surface area contributed by atoms with Crippen LogP contribution in [0.2, 0.25) is 0 Å². The van der Waals surface area contributed by atoms with Crippen LogP contribution in [0.1, 0.15) is 49.7 Å². The molecule has 0 spiro atoms. The van der Waals surface area contributed by atoms with Crippen molar-refractivity contribution in [3.8, 4) is 0 Å². The number of benzene rings is 2. The van der Waals surface area contributed by atoms with Crippen LogP contribution in [0.25, 0.3) is 11.0 Å². The number of rotatable bonds is 4. The van der Waals surface area contributed by atoms with Crippen molar-refractivity contribution in [2.24, 2.45) is 0 Å². The van der Waals surface area contributed by atoms with Crippen LogP contribution in [0.15, 0.2) is 53.7 Å². The third-order valence-electron chi connectivity index (χ3n) is 5.72. The Labute approximate surface area is 175 Å². The molecule has 8 heteroatoms. The second kappa shape index (κ2) is 8.07. The Morgan fingerprint density at radius 1 is 1.10 bits per heavy atom. The molecule has 1 N–H and O–H groups in total. The fourth-order valence-electron chi connectivity index (χ4n) is 4.13. The number of para-hydroxylation sites is 1. The van der Waals surface area contributed by atoms with Crippen LogP contribution in [-0.2, 0) is 15.9 Å². The number of imidazole rings is 1. The van der Waals surface area contributed by atoms with Crippen molar-refractivity contribution in [1.29, 1.82) is 0 Å². The molecule has 1 saturated heterocycles. The van der Waals surface area contributed by atoms with Crippen LogP contribution in [0.5, 0.6) is 0 Å². The molecule has 0 radical (unpaired) electrons. The quantitative estimate of drug-likeness (QED) is 0.652. The van der Waals surface area contributed by atoms with Gasteiger partial charge in [0.2, 0.25) is 0 Å². The smallest absolute Gasteiger partial charge is 0.270 e. The maximum atomic E-state index is 13.7. The Bertz CT molecular complexity index is 1140. The zero-order valence-electron chi connectivity index (χ0n) is 16.8. The minimum absolute atomic E-state index is 0.178. The number of nitrogens with zero attached hydrogens (tertiary/aromatic N) is 2. The molecule has 160 valence electrons. The molecule has 1 aliphatic heterocycles. The minimum atomic E-state index is -4.05. The van der Waals surface area contributed by atoms with Crippen molar-refractivity contribution in [2.45, 2.75) is 49.3 Å². The lowest BCUT2D eigenvalue weighted by Crippen LogP contribution is -2.21. The maximum absolute atomic E-state index is 13.7. The highest BCUT2D eigenvalue weighted by Crippen LogP contribution is 2.34. The lowest BCUT2D eigenvalue weighted by atomic mass is 9.88. The van der Waals surface area contributed by atoms with Crippen molar-refractivity contribution in [3.63, 3.8) is 0 Å².